The number of benzene rings is 1. The van der Waals surface area contributed by atoms with Gasteiger partial charge in [0.15, 0.2) is 0 Å². The second kappa shape index (κ2) is 4.59. The van der Waals surface area contributed by atoms with Crippen LogP contribution >= 0.6 is 10.7 Å². The summed E-state index contributed by atoms with van der Waals surface area (Å²) in [6.45, 7) is 0. The summed E-state index contributed by atoms with van der Waals surface area (Å²) in [7, 11) is 5.78. The molecular formula is C12H16ClNO2S. The molecule has 1 aromatic carbocycles. The number of hydrogen-bond donors (Lipinski definition) is 0. The van der Waals surface area contributed by atoms with Gasteiger partial charge in [0, 0.05) is 16.7 Å². The molecule has 1 saturated carbocycles. The van der Waals surface area contributed by atoms with Crippen LogP contribution < -0.4 is 0 Å². The van der Waals surface area contributed by atoms with Crippen LogP contribution in [-0.2, 0) is 9.05 Å². The van der Waals surface area contributed by atoms with E-state index in [1.54, 1.807) is 12.1 Å². The summed E-state index contributed by atoms with van der Waals surface area (Å²) in [6, 6.07) is 7.26. The van der Waals surface area contributed by atoms with Gasteiger partial charge in [0.2, 0.25) is 0 Å². The van der Waals surface area contributed by atoms with Crippen molar-refractivity contribution in [1.82, 2.24) is 4.90 Å². The molecule has 1 aliphatic rings. The van der Waals surface area contributed by atoms with E-state index in [9.17, 15) is 8.42 Å². The normalized spacial score (nSPS) is 18.4. The Hall–Kier alpha value is -0.580. The quantitative estimate of drug-likeness (QED) is 0.792. The van der Waals surface area contributed by atoms with E-state index < -0.39 is 9.05 Å². The molecular weight excluding hydrogens is 258 g/mol. The first kappa shape index (κ1) is 12.9. The van der Waals surface area contributed by atoms with Gasteiger partial charge in [-0.3, -0.25) is 0 Å². The Balaban J connectivity index is 2.28. The van der Waals surface area contributed by atoms with Gasteiger partial charge in [-0.25, -0.2) is 8.42 Å². The minimum Gasteiger partial charge on any atom is -0.302 e. The third kappa shape index (κ3) is 3.00. The van der Waals surface area contributed by atoms with Gasteiger partial charge in [-0.1, -0.05) is 12.1 Å². The summed E-state index contributed by atoms with van der Waals surface area (Å²) in [6.07, 6.45) is 2.50. The predicted molar refractivity (Wildman–Crippen MR) is 68.6 cm³/mol. The van der Waals surface area contributed by atoms with Crippen LogP contribution in [-0.4, -0.2) is 27.4 Å². The average molecular weight is 274 g/mol. The van der Waals surface area contributed by atoms with Crippen molar-refractivity contribution in [1.29, 1.82) is 0 Å². The van der Waals surface area contributed by atoms with Gasteiger partial charge < -0.3 is 4.90 Å². The molecule has 3 nitrogen and oxygen atoms in total. The maximum atomic E-state index is 11.1. The Morgan fingerprint density at radius 3 is 2.12 bits per heavy atom. The van der Waals surface area contributed by atoms with E-state index in [1.165, 1.54) is 12.8 Å². The molecule has 0 bridgehead atoms. The highest BCUT2D eigenvalue weighted by Gasteiger charge is 2.33. The van der Waals surface area contributed by atoms with Crippen LogP contribution in [0.1, 0.15) is 24.4 Å². The van der Waals surface area contributed by atoms with Crippen LogP contribution in [0, 0.1) is 5.92 Å². The third-order valence-corrected chi connectivity index (χ3v) is 4.50. The lowest BCUT2D eigenvalue weighted by atomic mass is 10.0. The van der Waals surface area contributed by atoms with Crippen LogP contribution in [0.25, 0.3) is 0 Å². The summed E-state index contributed by atoms with van der Waals surface area (Å²) in [5.74, 6) is 0.698. The van der Waals surface area contributed by atoms with Crippen LogP contribution in [0.3, 0.4) is 0 Å². The molecule has 0 aromatic heterocycles. The van der Waals surface area contributed by atoms with Gasteiger partial charge in [-0.15, -0.1) is 0 Å². The standard InChI is InChI=1S/C12H16ClNO2S/c1-14(2)12(9-3-4-9)10-5-7-11(8-6-10)17(13,15)16/h5-9,12H,3-4H2,1-2H3. The second-order valence-corrected chi connectivity index (χ2v) is 7.32. The molecule has 5 heteroatoms. The number of hydrogen-bond acceptors (Lipinski definition) is 3. The highest BCUT2D eigenvalue weighted by molar-refractivity contribution is 8.13. The minimum absolute atomic E-state index is 0.163. The lowest BCUT2D eigenvalue weighted by Gasteiger charge is -2.24. The maximum Gasteiger partial charge on any atom is 0.261 e. The summed E-state index contributed by atoms with van der Waals surface area (Å²) >= 11 is 0. The fourth-order valence-electron chi connectivity index (χ4n) is 2.23. The van der Waals surface area contributed by atoms with Crippen molar-refractivity contribution in [2.75, 3.05) is 14.1 Å². The molecule has 0 saturated heterocycles. The molecule has 17 heavy (non-hydrogen) atoms. The average Bonchev–Trinajstić information content (AvgIpc) is 3.01. The Labute approximate surface area is 107 Å². The zero-order valence-corrected chi connectivity index (χ0v) is 11.5. The Bertz CT molecular complexity index is 490. The predicted octanol–water partition coefficient (Wildman–Crippen LogP) is 2.63. The van der Waals surface area contributed by atoms with E-state index in [4.69, 9.17) is 10.7 Å². The van der Waals surface area contributed by atoms with Crippen LogP contribution in [0.15, 0.2) is 29.2 Å². The first-order valence-corrected chi connectivity index (χ1v) is 7.91. The third-order valence-electron chi connectivity index (χ3n) is 3.13. The molecule has 0 N–H and O–H groups in total. The highest BCUT2D eigenvalue weighted by atomic mass is 35.7. The van der Waals surface area contributed by atoms with E-state index in [1.807, 2.05) is 12.1 Å². The molecule has 0 spiro atoms. The summed E-state index contributed by atoms with van der Waals surface area (Å²) in [5.41, 5.74) is 1.15. The Kier molecular flexibility index (Phi) is 3.48. The van der Waals surface area contributed by atoms with Gasteiger partial charge in [-0.05, 0) is 50.6 Å². The Morgan fingerprint density at radius 2 is 1.76 bits per heavy atom. The topological polar surface area (TPSA) is 37.4 Å². The van der Waals surface area contributed by atoms with Crippen molar-refractivity contribution in [3.8, 4) is 0 Å². The van der Waals surface area contributed by atoms with Crippen molar-refractivity contribution in [3.63, 3.8) is 0 Å². The summed E-state index contributed by atoms with van der Waals surface area (Å²) in [5, 5.41) is 0. The molecule has 1 fully saturated rings. The molecule has 1 atom stereocenters. The summed E-state index contributed by atoms with van der Waals surface area (Å²) in [4.78, 5) is 2.35. The van der Waals surface area contributed by atoms with E-state index in [0.717, 1.165) is 5.56 Å². The van der Waals surface area contributed by atoms with Gasteiger partial charge in [0.25, 0.3) is 9.05 Å². The van der Waals surface area contributed by atoms with Crippen molar-refractivity contribution < 1.29 is 8.42 Å². The molecule has 2 rings (SSSR count). The lowest BCUT2D eigenvalue weighted by molar-refractivity contribution is 0.269. The zero-order valence-electron chi connectivity index (χ0n) is 9.93. The minimum atomic E-state index is -3.61. The Morgan fingerprint density at radius 1 is 1.24 bits per heavy atom. The maximum absolute atomic E-state index is 11.1. The number of rotatable bonds is 4. The first-order chi connectivity index (χ1) is 7.89. The van der Waals surface area contributed by atoms with Gasteiger partial charge >= 0.3 is 0 Å². The van der Waals surface area contributed by atoms with Crippen LogP contribution in [0.5, 0.6) is 0 Å². The van der Waals surface area contributed by atoms with Crippen LogP contribution in [0.4, 0.5) is 0 Å². The number of nitrogens with zero attached hydrogens (tertiary/aromatic N) is 1. The van der Waals surface area contributed by atoms with Crippen molar-refractivity contribution >= 4 is 19.7 Å². The fourth-order valence-corrected chi connectivity index (χ4v) is 3.00. The number of halogens is 1. The van der Waals surface area contributed by atoms with E-state index in [-0.39, 0.29) is 4.90 Å². The zero-order chi connectivity index (χ0) is 12.6. The molecule has 94 valence electrons. The molecule has 0 amide bonds. The molecule has 0 heterocycles. The molecule has 1 unspecified atom stereocenters. The van der Waals surface area contributed by atoms with E-state index in [2.05, 4.69) is 19.0 Å². The fraction of sp³-hybridized carbons (Fsp3) is 0.500. The first-order valence-electron chi connectivity index (χ1n) is 5.60. The SMILES string of the molecule is CN(C)C(c1ccc(S(=O)(=O)Cl)cc1)C1CC1. The van der Waals surface area contributed by atoms with E-state index >= 15 is 0 Å². The second-order valence-electron chi connectivity index (χ2n) is 4.75. The highest BCUT2D eigenvalue weighted by Crippen LogP contribution is 2.43. The monoisotopic (exact) mass is 273 g/mol. The van der Waals surface area contributed by atoms with Gasteiger partial charge in [0.1, 0.15) is 0 Å². The van der Waals surface area contributed by atoms with Crippen molar-refractivity contribution in [3.05, 3.63) is 29.8 Å². The van der Waals surface area contributed by atoms with Gasteiger partial charge in [-0.2, -0.15) is 0 Å². The van der Waals surface area contributed by atoms with Crippen molar-refractivity contribution in [2.24, 2.45) is 5.92 Å². The van der Waals surface area contributed by atoms with E-state index in [0.29, 0.717) is 12.0 Å². The van der Waals surface area contributed by atoms with Crippen molar-refractivity contribution in [2.45, 2.75) is 23.8 Å². The van der Waals surface area contributed by atoms with Gasteiger partial charge in [0.05, 0.1) is 4.90 Å². The smallest absolute Gasteiger partial charge is 0.261 e. The molecule has 0 aliphatic heterocycles. The lowest BCUT2D eigenvalue weighted by Crippen LogP contribution is -2.21. The summed E-state index contributed by atoms with van der Waals surface area (Å²) < 4.78 is 22.3. The molecule has 0 radical (unpaired) electrons. The van der Waals surface area contributed by atoms with Crippen LogP contribution in [0.2, 0.25) is 0 Å². The molecule has 1 aliphatic carbocycles. The largest absolute Gasteiger partial charge is 0.302 e. The molecule has 1 aromatic rings.